The summed E-state index contributed by atoms with van der Waals surface area (Å²) < 4.78 is 0. The highest BCUT2D eigenvalue weighted by molar-refractivity contribution is 7.98. The van der Waals surface area contributed by atoms with Crippen molar-refractivity contribution >= 4 is 34.9 Å². The van der Waals surface area contributed by atoms with E-state index in [9.17, 15) is 15.2 Å². The van der Waals surface area contributed by atoms with Crippen LogP contribution in [-0.2, 0) is 0 Å². The van der Waals surface area contributed by atoms with Crippen molar-refractivity contribution in [1.29, 1.82) is 0 Å². The number of aromatic nitrogens is 2. The lowest BCUT2D eigenvalue weighted by Crippen LogP contribution is -2.36. The van der Waals surface area contributed by atoms with Gasteiger partial charge in [0.15, 0.2) is 5.16 Å². The first-order chi connectivity index (χ1) is 9.52. The third-order valence-corrected chi connectivity index (χ3v) is 4.05. The number of hydrogen-bond donors (Lipinski definition) is 2. The van der Waals surface area contributed by atoms with E-state index < -0.39 is 11.0 Å². The quantitative estimate of drug-likeness (QED) is 0.289. The molecule has 1 aromatic heterocycles. The number of aliphatic hydroxyl groups excluding tert-OH is 1. The molecule has 1 aromatic rings. The summed E-state index contributed by atoms with van der Waals surface area (Å²) in [5.74, 6) is 0.0744. The third-order valence-electron chi connectivity index (χ3n) is 3.24. The van der Waals surface area contributed by atoms with Crippen LogP contribution in [0.3, 0.4) is 0 Å². The van der Waals surface area contributed by atoms with Gasteiger partial charge in [-0.1, -0.05) is 36.2 Å². The van der Waals surface area contributed by atoms with Crippen LogP contribution < -0.4 is 5.32 Å². The Morgan fingerprint density at radius 1 is 1.45 bits per heavy atom. The van der Waals surface area contributed by atoms with E-state index >= 15 is 0 Å². The van der Waals surface area contributed by atoms with Crippen LogP contribution in [0.2, 0.25) is 5.15 Å². The molecule has 7 nitrogen and oxygen atoms in total. The largest absolute Gasteiger partial charge is 0.391 e. The average Bonchev–Trinajstić information content (AvgIpc) is 2.40. The maximum atomic E-state index is 11.1. The van der Waals surface area contributed by atoms with Crippen LogP contribution in [0.15, 0.2) is 5.16 Å². The Kier molecular flexibility index (Phi) is 5.00. The van der Waals surface area contributed by atoms with Gasteiger partial charge in [0, 0.05) is 0 Å². The molecule has 0 bridgehead atoms. The molecule has 1 heterocycles. The standard InChI is InChI=1S/C11H15ClN4O3S/c1-20-11-14-9(12)8(16(18)19)10(15-11)13-6-4-2-3-5-7(6)17/h6-7,17H,2-5H2,1H3,(H,13,14,15)/t6-,7-/m0/s1. The van der Waals surface area contributed by atoms with Crippen molar-refractivity contribution in [2.75, 3.05) is 11.6 Å². The summed E-state index contributed by atoms with van der Waals surface area (Å²) in [6.07, 6.45) is 4.58. The molecule has 1 aliphatic carbocycles. The van der Waals surface area contributed by atoms with Gasteiger partial charge in [-0.25, -0.2) is 4.98 Å². The first-order valence-corrected chi connectivity index (χ1v) is 7.83. The summed E-state index contributed by atoms with van der Waals surface area (Å²) in [6, 6.07) is -0.247. The lowest BCUT2D eigenvalue weighted by Gasteiger charge is -2.28. The molecule has 0 unspecified atom stereocenters. The Bertz CT molecular complexity index is 517. The minimum absolute atomic E-state index is 0.0744. The summed E-state index contributed by atoms with van der Waals surface area (Å²) in [7, 11) is 0. The molecule has 110 valence electrons. The van der Waals surface area contributed by atoms with Crippen LogP contribution in [0, 0.1) is 10.1 Å². The van der Waals surface area contributed by atoms with Gasteiger partial charge in [-0.2, -0.15) is 4.98 Å². The molecule has 2 N–H and O–H groups in total. The molecule has 0 amide bonds. The number of thioether (sulfide) groups is 1. The molecule has 0 spiro atoms. The number of anilines is 1. The zero-order valence-corrected chi connectivity index (χ0v) is 12.4. The van der Waals surface area contributed by atoms with Crippen molar-refractivity contribution in [2.24, 2.45) is 0 Å². The van der Waals surface area contributed by atoms with Crippen molar-refractivity contribution in [1.82, 2.24) is 9.97 Å². The molecule has 0 aromatic carbocycles. The molecule has 2 atom stereocenters. The van der Waals surface area contributed by atoms with Crippen molar-refractivity contribution in [2.45, 2.75) is 43.0 Å². The number of nitro groups is 1. The van der Waals surface area contributed by atoms with E-state index in [1.165, 1.54) is 11.8 Å². The van der Waals surface area contributed by atoms with Crippen molar-refractivity contribution in [3.63, 3.8) is 0 Å². The van der Waals surface area contributed by atoms with E-state index in [-0.39, 0.29) is 22.7 Å². The van der Waals surface area contributed by atoms with Gasteiger partial charge in [0.05, 0.1) is 17.1 Å². The second kappa shape index (κ2) is 6.55. The predicted octanol–water partition coefficient (Wildman–Crippen LogP) is 2.48. The van der Waals surface area contributed by atoms with Crippen molar-refractivity contribution < 1.29 is 10.0 Å². The van der Waals surface area contributed by atoms with E-state index in [1.807, 2.05) is 0 Å². The molecule has 0 radical (unpaired) electrons. The Labute approximate surface area is 125 Å². The predicted molar refractivity (Wildman–Crippen MR) is 77.4 cm³/mol. The van der Waals surface area contributed by atoms with Crippen LogP contribution in [0.5, 0.6) is 0 Å². The number of aliphatic hydroxyl groups is 1. The van der Waals surface area contributed by atoms with Crippen LogP contribution in [0.4, 0.5) is 11.5 Å². The summed E-state index contributed by atoms with van der Waals surface area (Å²) in [4.78, 5) is 18.5. The average molecular weight is 319 g/mol. The molecule has 2 rings (SSSR count). The number of nitrogens with zero attached hydrogens (tertiary/aromatic N) is 3. The van der Waals surface area contributed by atoms with Gasteiger partial charge in [0.2, 0.25) is 11.0 Å². The van der Waals surface area contributed by atoms with E-state index in [1.54, 1.807) is 6.26 Å². The van der Waals surface area contributed by atoms with Gasteiger partial charge in [0.1, 0.15) is 0 Å². The van der Waals surface area contributed by atoms with Crippen molar-refractivity contribution in [3.05, 3.63) is 15.3 Å². The Hall–Kier alpha value is -1.12. The second-order valence-corrected chi connectivity index (χ2v) is 5.69. The number of rotatable bonds is 4. The molecular formula is C11H15ClN4O3S. The van der Waals surface area contributed by atoms with Gasteiger partial charge in [-0.15, -0.1) is 0 Å². The number of halogens is 1. The molecule has 9 heteroatoms. The zero-order valence-electron chi connectivity index (χ0n) is 10.9. The van der Waals surface area contributed by atoms with Crippen LogP contribution in [0.25, 0.3) is 0 Å². The summed E-state index contributed by atoms with van der Waals surface area (Å²) >= 11 is 7.10. The Morgan fingerprint density at radius 3 is 2.75 bits per heavy atom. The zero-order chi connectivity index (χ0) is 14.7. The third kappa shape index (κ3) is 3.31. The second-order valence-electron chi connectivity index (χ2n) is 4.56. The fourth-order valence-corrected chi connectivity index (χ4v) is 2.87. The van der Waals surface area contributed by atoms with Gasteiger partial charge >= 0.3 is 5.69 Å². The highest BCUT2D eigenvalue weighted by Gasteiger charge is 2.29. The normalized spacial score (nSPS) is 22.6. The maximum Gasteiger partial charge on any atom is 0.348 e. The fraction of sp³-hybridized carbons (Fsp3) is 0.636. The highest BCUT2D eigenvalue weighted by atomic mass is 35.5. The fourth-order valence-electron chi connectivity index (χ4n) is 2.22. The molecular weight excluding hydrogens is 304 g/mol. The highest BCUT2D eigenvalue weighted by Crippen LogP contribution is 2.33. The lowest BCUT2D eigenvalue weighted by atomic mass is 9.92. The van der Waals surface area contributed by atoms with Crippen molar-refractivity contribution in [3.8, 4) is 0 Å². The first kappa shape index (κ1) is 15.3. The maximum absolute atomic E-state index is 11.1. The number of nitrogens with one attached hydrogen (secondary N) is 1. The van der Waals surface area contributed by atoms with E-state index in [0.717, 1.165) is 19.3 Å². The first-order valence-electron chi connectivity index (χ1n) is 6.23. The summed E-state index contributed by atoms with van der Waals surface area (Å²) in [6.45, 7) is 0. The number of hydrogen-bond acceptors (Lipinski definition) is 7. The van der Waals surface area contributed by atoms with E-state index in [4.69, 9.17) is 11.6 Å². The van der Waals surface area contributed by atoms with Crippen LogP contribution in [-0.4, -0.2) is 38.4 Å². The smallest absolute Gasteiger partial charge is 0.348 e. The van der Waals surface area contributed by atoms with E-state index in [2.05, 4.69) is 15.3 Å². The van der Waals surface area contributed by atoms with Crippen LogP contribution >= 0.6 is 23.4 Å². The van der Waals surface area contributed by atoms with Gasteiger partial charge in [-0.3, -0.25) is 10.1 Å². The molecule has 0 aliphatic heterocycles. The minimum Gasteiger partial charge on any atom is -0.391 e. The Balaban J connectivity index is 2.33. The topological polar surface area (TPSA) is 101 Å². The summed E-state index contributed by atoms with van der Waals surface area (Å²) in [5.41, 5.74) is -0.345. The molecule has 1 saturated carbocycles. The molecule has 1 aliphatic rings. The SMILES string of the molecule is CSc1nc(Cl)c([N+](=O)[O-])c(N[C@H]2CCCC[C@@H]2O)n1. The monoisotopic (exact) mass is 318 g/mol. The molecule has 20 heavy (non-hydrogen) atoms. The Morgan fingerprint density at radius 2 is 2.15 bits per heavy atom. The summed E-state index contributed by atoms with van der Waals surface area (Å²) in [5, 5.41) is 24.2. The van der Waals surface area contributed by atoms with Gasteiger partial charge < -0.3 is 10.4 Å². The van der Waals surface area contributed by atoms with Gasteiger partial charge in [-0.05, 0) is 19.1 Å². The molecule has 1 fully saturated rings. The van der Waals surface area contributed by atoms with Gasteiger partial charge in [0.25, 0.3) is 0 Å². The lowest BCUT2D eigenvalue weighted by molar-refractivity contribution is -0.384. The van der Waals surface area contributed by atoms with Crippen LogP contribution in [0.1, 0.15) is 25.7 Å². The van der Waals surface area contributed by atoms with E-state index in [0.29, 0.717) is 11.6 Å². The minimum atomic E-state index is -0.607. The molecule has 0 saturated heterocycles.